The molecule has 0 aliphatic rings. The molecule has 0 saturated carbocycles. The van der Waals surface area contributed by atoms with E-state index in [0.29, 0.717) is 28.8 Å². The van der Waals surface area contributed by atoms with Crippen LogP contribution in [0.4, 0.5) is 5.95 Å². The fraction of sp³-hybridized carbons (Fsp3) is 0.125. The minimum absolute atomic E-state index is 0.220. The van der Waals surface area contributed by atoms with Gasteiger partial charge in [0.05, 0.1) is 12.2 Å². The lowest BCUT2D eigenvalue weighted by atomic mass is 9.94. The summed E-state index contributed by atoms with van der Waals surface area (Å²) in [7, 11) is 1.76. The summed E-state index contributed by atoms with van der Waals surface area (Å²) in [6.45, 7) is 2.36. The van der Waals surface area contributed by atoms with E-state index in [4.69, 9.17) is 16.3 Å². The van der Waals surface area contributed by atoms with Gasteiger partial charge in [0.25, 0.3) is 0 Å². The predicted octanol–water partition coefficient (Wildman–Crippen LogP) is 5.76. The zero-order valence-electron chi connectivity index (χ0n) is 17.0. The number of rotatable bonds is 6. The van der Waals surface area contributed by atoms with E-state index in [1.807, 2.05) is 37.3 Å². The maximum absolute atomic E-state index is 11.3. The van der Waals surface area contributed by atoms with Crippen molar-refractivity contribution >= 4 is 34.4 Å². The van der Waals surface area contributed by atoms with Crippen LogP contribution in [-0.2, 0) is 0 Å². The van der Waals surface area contributed by atoms with Crippen LogP contribution in [0.25, 0.3) is 33.2 Å². The number of aromatic carboxylic acids is 1. The van der Waals surface area contributed by atoms with Gasteiger partial charge in [-0.15, -0.1) is 0 Å². The Morgan fingerprint density at radius 3 is 2.52 bits per heavy atom. The molecule has 31 heavy (non-hydrogen) atoms. The summed E-state index contributed by atoms with van der Waals surface area (Å²) >= 11 is 6.26. The van der Waals surface area contributed by atoms with Crippen molar-refractivity contribution in [1.82, 2.24) is 9.97 Å². The Bertz CT molecular complexity index is 1270. The largest absolute Gasteiger partial charge is 0.491 e. The Kier molecular flexibility index (Phi) is 5.73. The molecule has 1 heterocycles. The summed E-state index contributed by atoms with van der Waals surface area (Å²) in [6.07, 6.45) is 1.77. The fourth-order valence-electron chi connectivity index (χ4n) is 3.48. The number of aromatic nitrogens is 2. The molecule has 1 aromatic heterocycles. The number of carboxylic acid groups (broad SMARTS) is 1. The number of halogens is 1. The normalized spacial score (nSPS) is 10.8. The van der Waals surface area contributed by atoms with Crippen molar-refractivity contribution < 1.29 is 14.6 Å². The monoisotopic (exact) mass is 433 g/mol. The van der Waals surface area contributed by atoms with Gasteiger partial charge < -0.3 is 15.2 Å². The first kappa shape index (κ1) is 20.6. The Hall–Kier alpha value is -3.64. The average molecular weight is 434 g/mol. The minimum Gasteiger partial charge on any atom is -0.491 e. The van der Waals surface area contributed by atoms with E-state index in [1.165, 1.54) is 0 Å². The van der Waals surface area contributed by atoms with Gasteiger partial charge in [0.1, 0.15) is 5.52 Å². The van der Waals surface area contributed by atoms with Crippen LogP contribution in [-0.4, -0.2) is 34.7 Å². The Labute approximate surface area is 184 Å². The van der Waals surface area contributed by atoms with Crippen molar-refractivity contribution in [2.45, 2.75) is 6.92 Å². The predicted molar refractivity (Wildman–Crippen MR) is 123 cm³/mol. The molecule has 6 nitrogen and oxygen atoms in total. The van der Waals surface area contributed by atoms with Crippen molar-refractivity contribution in [3.8, 4) is 28.0 Å². The lowest BCUT2D eigenvalue weighted by Gasteiger charge is -2.17. The molecule has 4 rings (SSSR count). The number of nitrogens with one attached hydrogen (secondary N) is 1. The smallest absolute Gasteiger partial charge is 0.335 e. The molecule has 0 bridgehead atoms. The SMILES string of the molecule is CCOc1c(-c2ccc(C(=O)O)cc2)cc(-c2cccc(Cl)c2)c2cnc(NC)nc12. The van der Waals surface area contributed by atoms with E-state index < -0.39 is 5.97 Å². The quantitative estimate of drug-likeness (QED) is 0.402. The standard InChI is InChI=1S/C24H20ClN3O3/c1-3-31-22-19(14-7-9-15(10-8-14)23(29)30)12-18(16-5-4-6-17(25)11-16)20-13-27-24(26-2)28-21(20)22/h4-13H,3H2,1-2H3,(H,29,30)(H,26,27,28). The molecule has 0 atom stereocenters. The Morgan fingerprint density at radius 2 is 1.87 bits per heavy atom. The third-order valence-electron chi connectivity index (χ3n) is 4.92. The van der Waals surface area contributed by atoms with Crippen LogP contribution < -0.4 is 10.1 Å². The fourth-order valence-corrected chi connectivity index (χ4v) is 3.67. The van der Waals surface area contributed by atoms with Crippen molar-refractivity contribution in [2.75, 3.05) is 19.0 Å². The van der Waals surface area contributed by atoms with Crippen LogP contribution in [0, 0.1) is 0 Å². The van der Waals surface area contributed by atoms with Gasteiger partial charge >= 0.3 is 5.97 Å². The number of hydrogen-bond acceptors (Lipinski definition) is 5. The van der Waals surface area contributed by atoms with Crippen LogP contribution in [0.3, 0.4) is 0 Å². The molecule has 2 N–H and O–H groups in total. The van der Waals surface area contributed by atoms with Crippen LogP contribution in [0.1, 0.15) is 17.3 Å². The topological polar surface area (TPSA) is 84.3 Å². The van der Waals surface area contributed by atoms with E-state index in [9.17, 15) is 9.90 Å². The number of fused-ring (bicyclic) bond motifs is 1. The van der Waals surface area contributed by atoms with Gasteiger partial charge in [0.15, 0.2) is 5.75 Å². The average Bonchev–Trinajstić information content (AvgIpc) is 2.79. The second-order valence-electron chi connectivity index (χ2n) is 6.83. The van der Waals surface area contributed by atoms with Crippen LogP contribution in [0.15, 0.2) is 60.8 Å². The van der Waals surface area contributed by atoms with Crippen molar-refractivity contribution in [2.24, 2.45) is 0 Å². The summed E-state index contributed by atoms with van der Waals surface area (Å²) in [5.41, 5.74) is 4.34. The lowest BCUT2D eigenvalue weighted by Crippen LogP contribution is -2.02. The van der Waals surface area contributed by atoms with Gasteiger partial charge in [-0.05, 0) is 53.9 Å². The number of carbonyl (C=O) groups is 1. The molecular weight excluding hydrogens is 414 g/mol. The number of carboxylic acids is 1. The van der Waals surface area contributed by atoms with E-state index in [1.54, 1.807) is 37.5 Å². The van der Waals surface area contributed by atoms with Gasteiger partial charge in [0.2, 0.25) is 5.95 Å². The second kappa shape index (κ2) is 8.62. The summed E-state index contributed by atoms with van der Waals surface area (Å²) < 4.78 is 6.04. The molecule has 0 spiro atoms. The first-order valence-electron chi connectivity index (χ1n) is 9.75. The molecule has 0 amide bonds. The third-order valence-corrected chi connectivity index (χ3v) is 5.15. The van der Waals surface area contributed by atoms with Gasteiger partial charge in [-0.25, -0.2) is 14.8 Å². The summed E-state index contributed by atoms with van der Waals surface area (Å²) in [5.74, 6) is 0.121. The highest BCUT2D eigenvalue weighted by atomic mass is 35.5. The molecule has 0 saturated heterocycles. The Balaban J connectivity index is 2.05. The highest BCUT2D eigenvalue weighted by Gasteiger charge is 2.19. The van der Waals surface area contributed by atoms with Crippen molar-refractivity contribution in [1.29, 1.82) is 0 Å². The first-order chi connectivity index (χ1) is 15.0. The summed E-state index contributed by atoms with van der Waals surface area (Å²) in [4.78, 5) is 20.3. The van der Waals surface area contributed by atoms with Gasteiger partial charge in [0, 0.05) is 29.2 Å². The first-order valence-corrected chi connectivity index (χ1v) is 10.1. The number of ether oxygens (including phenoxy) is 1. The van der Waals surface area contributed by atoms with Crippen LogP contribution in [0.5, 0.6) is 5.75 Å². The highest BCUT2D eigenvalue weighted by Crippen LogP contribution is 2.42. The molecule has 7 heteroatoms. The Morgan fingerprint density at radius 1 is 1.10 bits per heavy atom. The molecule has 0 fully saturated rings. The van der Waals surface area contributed by atoms with Gasteiger partial charge in [-0.3, -0.25) is 0 Å². The zero-order chi connectivity index (χ0) is 22.0. The van der Waals surface area contributed by atoms with Gasteiger partial charge in [-0.2, -0.15) is 0 Å². The molecule has 0 unspecified atom stereocenters. The maximum atomic E-state index is 11.3. The molecule has 156 valence electrons. The van der Waals surface area contributed by atoms with Crippen molar-refractivity contribution in [3.63, 3.8) is 0 Å². The second-order valence-corrected chi connectivity index (χ2v) is 7.27. The van der Waals surface area contributed by atoms with E-state index in [0.717, 1.165) is 27.6 Å². The minimum atomic E-state index is -0.971. The van der Waals surface area contributed by atoms with Crippen molar-refractivity contribution in [3.05, 3.63) is 71.4 Å². The molecular formula is C24H20ClN3O3. The summed E-state index contributed by atoms with van der Waals surface area (Å²) in [6, 6.07) is 16.3. The zero-order valence-corrected chi connectivity index (χ0v) is 17.8. The number of anilines is 1. The van der Waals surface area contributed by atoms with Crippen LogP contribution >= 0.6 is 11.6 Å². The van der Waals surface area contributed by atoms with E-state index >= 15 is 0 Å². The van der Waals surface area contributed by atoms with E-state index in [2.05, 4.69) is 15.3 Å². The third kappa shape index (κ3) is 4.02. The lowest BCUT2D eigenvalue weighted by molar-refractivity contribution is 0.0697. The van der Waals surface area contributed by atoms with Gasteiger partial charge in [-0.1, -0.05) is 35.9 Å². The highest BCUT2D eigenvalue weighted by molar-refractivity contribution is 6.31. The number of benzene rings is 3. The molecule has 0 radical (unpaired) electrons. The maximum Gasteiger partial charge on any atom is 0.335 e. The summed E-state index contributed by atoms with van der Waals surface area (Å²) in [5, 5.41) is 13.7. The number of hydrogen-bond donors (Lipinski definition) is 2. The number of nitrogens with zero attached hydrogens (tertiary/aromatic N) is 2. The van der Waals surface area contributed by atoms with E-state index in [-0.39, 0.29) is 5.56 Å². The van der Waals surface area contributed by atoms with Crippen LogP contribution in [0.2, 0.25) is 5.02 Å². The molecule has 3 aromatic carbocycles. The molecule has 0 aliphatic heterocycles. The molecule has 0 aliphatic carbocycles. The molecule has 4 aromatic rings.